The molecule has 3 nitrogen and oxygen atoms in total. The molecule has 74 valence electrons. The van der Waals surface area contributed by atoms with Crippen LogP contribution in [0.4, 0.5) is 0 Å². The first-order valence-electron chi connectivity index (χ1n) is 4.71. The van der Waals surface area contributed by atoms with E-state index in [9.17, 15) is 0 Å². The van der Waals surface area contributed by atoms with E-state index in [4.69, 9.17) is 5.73 Å². The number of aryl methyl sites for hydroxylation is 1. The van der Waals surface area contributed by atoms with Crippen LogP contribution in [-0.4, -0.2) is 9.78 Å². The van der Waals surface area contributed by atoms with Gasteiger partial charge in [-0.3, -0.25) is 4.68 Å². The molecule has 1 heterocycles. The van der Waals surface area contributed by atoms with E-state index in [1.54, 1.807) is 6.20 Å². The Morgan fingerprint density at radius 3 is 2.62 bits per heavy atom. The zero-order chi connectivity index (χ0) is 10.1. The second-order valence-electron chi connectivity index (χ2n) is 4.36. The van der Waals surface area contributed by atoms with Crippen molar-refractivity contribution in [3.05, 3.63) is 18.0 Å². The lowest BCUT2D eigenvalue weighted by Gasteiger charge is -2.26. The van der Waals surface area contributed by atoms with Crippen LogP contribution in [0.5, 0.6) is 0 Å². The van der Waals surface area contributed by atoms with Gasteiger partial charge in [0.25, 0.3) is 0 Å². The van der Waals surface area contributed by atoms with Gasteiger partial charge in [-0.1, -0.05) is 13.8 Å². The van der Waals surface area contributed by atoms with E-state index in [0.29, 0.717) is 5.92 Å². The second-order valence-corrected chi connectivity index (χ2v) is 4.36. The number of hydrogen-bond acceptors (Lipinski definition) is 2. The maximum atomic E-state index is 6.22. The Bertz CT molecular complexity index is 273. The average Bonchev–Trinajstić information content (AvgIpc) is 2.32. The van der Waals surface area contributed by atoms with Crippen LogP contribution >= 0.6 is 0 Å². The summed E-state index contributed by atoms with van der Waals surface area (Å²) in [6.07, 6.45) is 2.77. The number of aromatic nitrogens is 2. The molecular formula is C10H19N3. The number of hydrogen-bond donors (Lipinski definition) is 1. The van der Waals surface area contributed by atoms with Crippen molar-refractivity contribution in [1.82, 2.24) is 9.78 Å². The van der Waals surface area contributed by atoms with Gasteiger partial charge in [-0.15, -0.1) is 0 Å². The fourth-order valence-electron chi connectivity index (χ4n) is 1.89. The maximum absolute atomic E-state index is 6.22. The van der Waals surface area contributed by atoms with Crippen molar-refractivity contribution < 1.29 is 0 Å². The van der Waals surface area contributed by atoms with Crippen LogP contribution in [0.15, 0.2) is 12.3 Å². The van der Waals surface area contributed by atoms with Gasteiger partial charge >= 0.3 is 0 Å². The summed E-state index contributed by atoms with van der Waals surface area (Å²) < 4.78 is 1.85. The van der Waals surface area contributed by atoms with E-state index >= 15 is 0 Å². The first-order valence-corrected chi connectivity index (χ1v) is 4.71. The third-order valence-electron chi connectivity index (χ3n) is 2.24. The number of nitrogens with two attached hydrogens (primary N) is 1. The molecule has 1 aromatic rings. The summed E-state index contributed by atoms with van der Waals surface area (Å²) in [5.41, 5.74) is 7.06. The molecule has 0 fully saturated rings. The van der Waals surface area contributed by atoms with Crippen LogP contribution in [0, 0.1) is 5.92 Å². The standard InChI is InChI=1S/C10H19N3/c1-8(2)7-10(3,11)9-5-6-12-13(9)4/h5-6,8H,7,11H2,1-4H3. The largest absolute Gasteiger partial charge is 0.320 e. The molecular weight excluding hydrogens is 162 g/mol. The van der Waals surface area contributed by atoms with Crippen LogP contribution in [0.3, 0.4) is 0 Å². The zero-order valence-electron chi connectivity index (χ0n) is 8.91. The van der Waals surface area contributed by atoms with E-state index in [2.05, 4.69) is 25.9 Å². The molecule has 0 saturated heterocycles. The maximum Gasteiger partial charge on any atom is 0.0576 e. The van der Waals surface area contributed by atoms with Crippen LogP contribution in [0.1, 0.15) is 32.9 Å². The van der Waals surface area contributed by atoms with Gasteiger partial charge in [-0.05, 0) is 25.3 Å². The Labute approximate surface area is 79.9 Å². The fraction of sp³-hybridized carbons (Fsp3) is 0.700. The molecule has 3 heteroatoms. The normalized spacial score (nSPS) is 16.2. The first-order chi connectivity index (χ1) is 5.93. The van der Waals surface area contributed by atoms with Gasteiger partial charge in [-0.2, -0.15) is 5.10 Å². The molecule has 0 aromatic carbocycles. The minimum absolute atomic E-state index is 0.264. The Kier molecular flexibility index (Phi) is 2.76. The highest BCUT2D eigenvalue weighted by Crippen LogP contribution is 2.24. The smallest absolute Gasteiger partial charge is 0.0576 e. The Hall–Kier alpha value is -0.830. The van der Waals surface area contributed by atoms with Crippen molar-refractivity contribution in [2.45, 2.75) is 32.7 Å². The van der Waals surface area contributed by atoms with Crippen LogP contribution in [0.25, 0.3) is 0 Å². The highest BCUT2D eigenvalue weighted by Gasteiger charge is 2.25. The van der Waals surface area contributed by atoms with Gasteiger partial charge in [0.05, 0.1) is 11.2 Å². The summed E-state index contributed by atoms with van der Waals surface area (Å²) in [6, 6.07) is 1.99. The fourth-order valence-corrected chi connectivity index (χ4v) is 1.89. The number of rotatable bonds is 3. The monoisotopic (exact) mass is 181 g/mol. The lowest BCUT2D eigenvalue weighted by atomic mass is 9.89. The molecule has 13 heavy (non-hydrogen) atoms. The second kappa shape index (κ2) is 3.50. The van der Waals surface area contributed by atoms with E-state index in [-0.39, 0.29) is 5.54 Å². The summed E-state index contributed by atoms with van der Waals surface area (Å²) in [5.74, 6) is 0.602. The third-order valence-corrected chi connectivity index (χ3v) is 2.24. The number of nitrogens with zero attached hydrogens (tertiary/aromatic N) is 2. The Morgan fingerprint density at radius 1 is 1.62 bits per heavy atom. The van der Waals surface area contributed by atoms with Gasteiger partial charge < -0.3 is 5.73 Å². The predicted molar refractivity (Wildman–Crippen MR) is 54.2 cm³/mol. The molecule has 0 bridgehead atoms. The minimum Gasteiger partial charge on any atom is -0.320 e. The predicted octanol–water partition coefficient (Wildman–Crippen LogP) is 1.64. The van der Waals surface area contributed by atoms with Crippen molar-refractivity contribution in [3.63, 3.8) is 0 Å². The lowest BCUT2D eigenvalue weighted by Crippen LogP contribution is -2.36. The topological polar surface area (TPSA) is 43.8 Å². The highest BCUT2D eigenvalue weighted by atomic mass is 15.3. The van der Waals surface area contributed by atoms with Crippen molar-refractivity contribution in [1.29, 1.82) is 0 Å². The van der Waals surface area contributed by atoms with Crippen LogP contribution in [0.2, 0.25) is 0 Å². The lowest BCUT2D eigenvalue weighted by molar-refractivity contribution is 0.358. The molecule has 0 radical (unpaired) electrons. The van der Waals surface area contributed by atoms with E-state index in [0.717, 1.165) is 12.1 Å². The summed E-state index contributed by atoms with van der Waals surface area (Å²) in [6.45, 7) is 6.42. The van der Waals surface area contributed by atoms with E-state index in [1.165, 1.54) is 0 Å². The quantitative estimate of drug-likeness (QED) is 0.770. The van der Waals surface area contributed by atoms with E-state index in [1.807, 2.05) is 17.8 Å². The molecule has 1 rings (SSSR count). The summed E-state index contributed by atoms with van der Waals surface area (Å²) >= 11 is 0. The van der Waals surface area contributed by atoms with Crippen molar-refractivity contribution in [3.8, 4) is 0 Å². The van der Waals surface area contributed by atoms with Crippen LogP contribution in [-0.2, 0) is 12.6 Å². The van der Waals surface area contributed by atoms with Crippen molar-refractivity contribution in [2.75, 3.05) is 0 Å². The van der Waals surface area contributed by atoms with Gasteiger partial charge in [-0.25, -0.2) is 0 Å². The minimum atomic E-state index is -0.264. The van der Waals surface area contributed by atoms with Gasteiger partial charge in [0.2, 0.25) is 0 Å². The summed E-state index contributed by atoms with van der Waals surface area (Å²) in [5, 5.41) is 4.13. The van der Waals surface area contributed by atoms with Crippen molar-refractivity contribution in [2.24, 2.45) is 18.7 Å². The SMILES string of the molecule is CC(C)CC(C)(N)c1ccnn1C. The molecule has 0 amide bonds. The highest BCUT2D eigenvalue weighted by molar-refractivity contribution is 5.12. The van der Waals surface area contributed by atoms with Gasteiger partial charge in [0, 0.05) is 13.2 Å². The first kappa shape index (κ1) is 10.3. The molecule has 0 aliphatic rings. The van der Waals surface area contributed by atoms with Gasteiger partial charge in [0.15, 0.2) is 0 Å². The molecule has 0 spiro atoms. The molecule has 0 saturated carbocycles. The molecule has 1 aromatic heterocycles. The Balaban J connectivity index is 2.87. The van der Waals surface area contributed by atoms with Crippen molar-refractivity contribution >= 4 is 0 Å². The molecule has 2 N–H and O–H groups in total. The van der Waals surface area contributed by atoms with Gasteiger partial charge in [0.1, 0.15) is 0 Å². The molecule has 0 aliphatic carbocycles. The molecule has 1 atom stereocenters. The molecule has 1 unspecified atom stereocenters. The Morgan fingerprint density at radius 2 is 2.23 bits per heavy atom. The third kappa shape index (κ3) is 2.31. The van der Waals surface area contributed by atoms with Crippen LogP contribution < -0.4 is 5.73 Å². The molecule has 0 aliphatic heterocycles. The average molecular weight is 181 g/mol. The zero-order valence-corrected chi connectivity index (χ0v) is 8.91. The summed E-state index contributed by atoms with van der Waals surface area (Å²) in [7, 11) is 1.93. The summed E-state index contributed by atoms with van der Waals surface area (Å²) in [4.78, 5) is 0. The van der Waals surface area contributed by atoms with E-state index < -0.39 is 0 Å².